The monoisotopic (exact) mass is 582 g/mol. The van der Waals surface area contributed by atoms with Gasteiger partial charge in [-0.3, -0.25) is 0 Å². The van der Waals surface area contributed by atoms with Gasteiger partial charge in [-0.2, -0.15) is 0 Å². The first-order chi connectivity index (χ1) is 21.8. The molecule has 0 radical (unpaired) electrons. The van der Waals surface area contributed by atoms with E-state index in [1.54, 1.807) is 0 Å². The zero-order valence-electron chi connectivity index (χ0n) is 23.7. The molecular weight excluding hydrogens is 557 g/mol. The van der Waals surface area contributed by atoms with Crippen LogP contribution in [0.3, 0.4) is 0 Å². The minimum atomic E-state index is -0.264. The quantitative estimate of drug-likeness (QED) is 0.221. The molecule has 0 aliphatic carbocycles. The van der Waals surface area contributed by atoms with Gasteiger partial charge in [-0.25, -0.2) is 9.98 Å². The number of amidine groups is 2. The Kier molecular flexibility index (Phi) is 5.71. The lowest BCUT2D eigenvalue weighted by Crippen LogP contribution is -2.33. The maximum absolute atomic E-state index is 5.22. The molecular formula is C39H26N4S. The van der Waals surface area contributed by atoms with E-state index in [9.17, 15) is 0 Å². The van der Waals surface area contributed by atoms with Crippen LogP contribution in [0.1, 0.15) is 22.9 Å². The molecule has 0 bridgehead atoms. The lowest BCUT2D eigenvalue weighted by atomic mass is 10.0. The fourth-order valence-corrected chi connectivity index (χ4v) is 7.62. The summed E-state index contributed by atoms with van der Waals surface area (Å²) in [6.45, 7) is 0. The van der Waals surface area contributed by atoms with Gasteiger partial charge < -0.3 is 9.88 Å². The molecule has 1 N–H and O–H groups in total. The minimum absolute atomic E-state index is 0.264. The van der Waals surface area contributed by atoms with Crippen molar-refractivity contribution in [1.29, 1.82) is 0 Å². The predicted molar refractivity (Wildman–Crippen MR) is 186 cm³/mol. The van der Waals surface area contributed by atoms with Crippen LogP contribution in [0.5, 0.6) is 0 Å². The summed E-state index contributed by atoms with van der Waals surface area (Å²) < 4.78 is 4.86. The van der Waals surface area contributed by atoms with Gasteiger partial charge in [-0.15, -0.1) is 11.3 Å². The smallest absolute Gasteiger partial charge is 0.159 e. The number of hydrogen-bond donors (Lipinski definition) is 1. The average molecular weight is 583 g/mol. The van der Waals surface area contributed by atoms with Crippen LogP contribution in [0.15, 0.2) is 156 Å². The van der Waals surface area contributed by atoms with Crippen LogP contribution in [-0.2, 0) is 0 Å². The molecule has 3 heterocycles. The van der Waals surface area contributed by atoms with Crippen molar-refractivity contribution >= 4 is 65.0 Å². The Labute approximate surface area is 258 Å². The van der Waals surface area contributed by atoms with E-state index in [0.717, 1.165) is 34.0 Å². The van der Waals surface area contributed by atoms with Gasteiger partial charge >= 0.3 is 0 Å². The Bertz CT molecular complexity index is 2360. The Hall–Kier alpha value is -5.52. The zero-order chi connectivity index (χ0) is 29.0. The van der Waals surface area contributed by atoms with Crippen molar-refractivity contribution in [3.8, 4) is 5.69 Å². The van der Waals surface area contributed by atoms with Crippen LogP contribution in [-0.4, -0.2) is 16.2 Å². The summed E-state index contributed by atoms with van der Waals surface area (Å²) >= 11 is 1.82. The van der Waals surface area contributed by atoms with Crippen LogP contribution in [0.25, 0.3) is 47.7 Å². The summed E-state index contributed by atoms with van der Waals surface area (Å²) in [6, 6.07) is 51.4. The van der Waals surface area contributed by atoms with E-state index in [-0.39, 0.29) is 6.17 Å². The van der Waals surface area contributed by atoms with Crippen molar-refractivity contribution in [3.05, 3.63) is 162 Å². The van der Waals surface area contributed by atoms with Gasteiger partial charge in [-0.1, -0.05) is 115 Å². The van der Waals surface area contributed by atoms with E-state index in [4.69, 9.17) is 9.98 Å². The summed E-state index contributed by atoms with van der Waals surface area (Å²) in [5.41, 5.74) is 6.65. The van der Waals surface area contributed by atoms with Crippen LogP contribution >= 0.6 is 11.3 Å². The number of para-hydroxylation sites is 2. The molecule has 0 spiro atoms. The molecule has 0 saturated carbocycles. The zero-order valence-corrected chi connectivity index (χ0v) is 24.5. The average Bonchev–Trinajstić information content (AvgIpc) is 3.64. The second kappa shape index (κ2) is 10.0. The van der Waals surface area contributed by atoms with E-state index in [1.807, 2.05) is 35.6 Å². The van der Waals surface area contributed by atoms with Gasteiger partial charge in [0.25, 0.3) is 0 Å². The molecule has 44 heavy (non-hydrogen) atoms. The van der Waals surface area contributed by atoms with Crippen molar-refractivity contribution < 1.29 is 0 Å². The number of rotatable bonds is 4. The van der Waals surface area contributed by atoms with Gasteiger partial charge in [0.1, 0.15) is 12.0 Å². The summed E-state index contributed by atoms with van der Waals surface area (Å²) in [7, 11) is 0. The third-order valence-electron chi connectivity index (χ3n) is 8.45. The van der Waals surface area contributed by atoms with Gasteiger partial charge in [0.2, 0.25) is 0 Å². The largest absolute Gasteiger partial charge is 0.344 e. The number of aromatic nitrogens is 1. The van der Waals surface area contributed by atoms with E-state index in [0.29, 0.717) is 0 Å². The van der Waals surface area contributed by atoms with E-state index < -0.39 is 0 Å². The van der Waals surface area contributed by atoms with Gasteiger partial charge in [0.15, 0.2) is 5.84 Å². The number of hydrogen-bond acceptors (Lipinski definition) is 4. The van der Waals surface area contributed by atoms with Crippen molar-refractivity contribution in [2.75, 3.05) is 0 Å². The van der Waals surface area contributed by atoms with E-state index in [2.05, 4.69) is 131 Å². The highest BCUT2D eigenvalue weighted by Gasteiger charge is 2.24. The standard InChI is InChI=1S/C39H26N4S/c1-3-13-25(14-4-1)37-40-38(26-15-5-2-6-16-26)42-39(41-37)32-24-27(23-31-30-19-9-12-22-35(30)44-36(31)32)43-33-20-10-7-17-28(33)29-18-8-11-21-34(29)43/h1-24,37H,(H,40,41,42). The lowest BCUT2D eigenvalue weighted by Gasteiger charge is -2.24. The predicted octanol–water partition coefficient (Wildman–Crippen LogP) is 9.65. The molecule has 1 aliphatic rings. The fraction of sp³-hybridized carbons (Fsp3) is 0.0256. The summed E-state index contributed by atoms with van der Waals surface area (Å²) in [6.07, 6.45) is -0.264. The maximum Gasteiger partial charge on any atom is 0.159 e. The van der Waals surface area contributed by atoms with Crippen molar-refractivity contribution in [1.82, 2.24) is 9.88 Å². The van der Waals surface area contributed by atoms with Crippen LogP contribution in [0.4, 0.5) is 0 Å². The number of benzene rings is 6. The molecule has 1 aliphatic heterocycles. The molecule has 0 saturated heterocycles. The number of thiophene rings is 1. The highest BCUT2D eigenvalue weighted by atomic mass is 32.1. The Morgan fingerprint density at radius 2 is 1.20 bits per heavy atom. The first-order valence-electron chi connectivity index (χ1n) is 14.8. The van der Waals surface area contributed by atoms with E-state index in [1.165, 1.54) is 42.0 Å². The first kappa shape index (κ1) is 25.0. The van der Waals surface area contributed by atoms with Crippen molar-refractivity contribution in [2.45, 2.75) is 6.17 Å². The molecule has 4 nitrogen and oxygen atoms in total. The number of aliphatic imine (C=N–C) groups is 2. The summed E-state index contributed by atoms with van der Waals surface area (Å²) in [4.78, 5) is 10.3. The third kappa shape index (κ3) is 3.98. The Morgan fingerprint density at radius 1 is 0.591 bits per heavy atom. The number of nitrogens with zero attached hydrogens (tertiary/aromatic N) is 3. The lowest BCUT2D eigenvalue weighted by molar-refractivity contribution is 0.674. The normalized spacial score (nSPS) is 15.0. The molecule has 1 atom stereocenters. The minimum Gasteiger partial charge on any atom is -0.344 e. The second-order valence-electron chi connectivity index (χ2n) is 11.1. The van der Waals surface area contributed by atoms with Crippen molar-refractivity contribution in [2.24, 2.45) is 9.98 Å². The summed E-state index contributed by atoms with van der Waals surface area (Å²) in [5.74, 6) is 1.55. The number of nitrogens with one attached hydrogen (secondary N) is 1. The highest BCUT2D eigenvalue weighted by molar-refractivity contribution is 7.26. The molecule has 6 aromatic carbocycles. The highest BCUT2D eigenvalue weighted by Crippen LogP contribution is 2.40. The SMILES string of the molecule is c1ccc(C2=NC(c3ccccc3)NC(c3cc(-n4c5ccccc5c5ccccc54)cc4c3sc3ccccc34)=N2)cc1. The third-order valence-corrected chi connectivity index (χ3v) is 9.67. The van der Waals surface area contributed by atoms with E-state index >= 15 is 0 Å². The number of fused-ring (bicyclic) bond motifs is 6. The fourth-order valence-electron chi connectivity index (χ4n) is 6.43. The molecule has 9 rings (SSSR count). The molecule has 208 valence electrons. The first-order valence-corrected chi connectivity index (χ1v) is 15.6. The summed E-state index contributed by atoms with van der Waals surface area (Å²) in [5, 5.41) is 8.70. The van der Waals surface area contributed by atoms with Gasteiger partial charge in [0, 0.05) is 47.8 Å². The van der Waals surface area contributed by atoms with Crippen LogP contribution in [0, 0.1) is 0 Å². The van der Waals surface area contributed by atoms with Crippen molar-refractivity contribution in [3.63, 3.8) is 0 Å². The molecule has 0 amide bonds. The Balaban J connectivity index is 1.34. The van der Waals surface area contributed by atoms with Gasteiger partial charge in [-0.05, 0) is 35.9 Å². The van der Waals surface area contributed by atoms with Crippen LogP contribution in [0.2, 0.25) is 0 Å². The second-order valence-corrected chi connectivity index (χ2v) is 12.1. The molecule has 2 aromatic heterocycles. The van der Waals surface area contributed by atoms with Crippen LogP contribution < -0.4 is 5.32 Å². The maximum atomic E-state index is 5.22. The van der Waals surface area contributed by atoms with Gasteiger partial charge in [0.05, 0.1) is 11.0 Å². The molecule has 1 unspecified atom stereocenters. The molecule has 8 aromatic rings. The molecule has 5 heteroatoms. The molecule has 0 fully saturated rings. The topological polar surface area (TPSA) is 41.7 Å². The Morgan fingerprint density at radius 3 is 1.93 bits per heavy atom.